The first-order valence-corrected chi connectivity index (χ1v) is 7.98. The van der Waals surface area contributed by atoms with E-state index in [2.05, 4.69) is 21.6 Å². The largest absolute Gasteiger partial charge is 0.468 e. The maximum absolute atomic E-state index is 12.0. The van der Waals surface area contributed by atoms with E-state index in [9.17, 15) is 4.79 Å². The van der Waals surface area contributed by atoms with Gasteiger partial charge in [-0.25, -0.2) is 4.98 Å². The average molecular weight is 301 g/mol. The van der Waals surface area contributed by atoms with Crippen molar-refractivity contribution in [2.75, 3.05) is 7.11 Å². The van der Waals surface area contributed by atoms with Gasteiger partial charge in [-0.2, -0.15) is 4.37 Å². The van der Waals surface area contributed by atoms with E-state index in [0.717, 1.165) is 17.2 Å². The zero-order valence-corrected chi connectivity index (χ0v) is 13.0. The summed E-state index contributed by atoms with van der Waals surface area (Å²) in [6.07, 6.45) is 4.55. The van der Waals surface area contributed by atoms with Gasteiger partial charge >= 0.3 is 5.97 Å². The highest BCUT2D eigenvalue weighted by molar-refractivity contribution is 8.01. The molecule has 1 fully saturated rings. The van der Waals surface area contributed by atoms with Gasteiger partial charge in [0.25, 0.3) is 0 Å². The maximum Gasteiger partial charge on any atom is 0.325 e. The van der Waals surface area contributed by atoms with E-state index in [1.807, 2.05) is 6.92 Å². The van der Waals surface area contributed by atoms with Crippen LogP contribution in [0.4, 0.5) is 0 Å². The molecule has 0 bridgehead atoms. The third-order valence-electron chi connectivity index (χ3n) is 3.07. The molecule has 1 aliphatic carbocycles. The molecule has 0 saturated heterocycles. The summed E-state index contributed by atoms with van der Waals surface area (Å²) in [6, 6.07) is 0.461. The van der Waals surface area contributed by atoms with Gasteiger partial charge in [0.15, 0.2) is 4.34 Å². The summed E-state index contributed by atoms with van der Waals surface area (Å²) in [5.41, 5.74) is -0.618. The van der Waals surface area contributed by atoms with Crippen LogP contribution in [0.1, 0.15) is 33.1 Å². The number of esters is 1. The van der Waals surface area contributed by atoms with Gasteiger partial charge in [0.05, 0.1) is 7.11 Å². The van der Waals surface area contributed by atoms with Gasteiger partial charge in [-0.1, -0.05) is 18.7 Å². The van der Waals surface area contributed by atoms with Gasteiger partial charge in [0.2, 0.25) is 0 Å². The van der Waals surface area contributed by atoms with Crippen LogP contribution >= 0.6 is 23.3 Å². The van der Waals surface area contributed by atoms with E-state index < -0.39 is 5.54 Å². The number of carbonyl (C=O) groups is 1. The summed E-state index contributed by atoms with van der Waals surface area (Å²) in [6.45, 7) is 4.02. The zero-order valence-electron chi connectivity index (χ0n) is 11.4. The summed E-state index contributed by atoms with van der Waals surface area (Å²) >= 11 is 3.03. The van der Waals surface area contributed by atoms with Crippen molar-refractivity contribution in [3.63, 3.8) is 0 Å². The van der Waals surface area contributed by atoms with Crippen molar-refractivity contribution in [1.82, 2.24) is 14.7 Å². The molecule has 19 heavy (non-hydrogen) atoms. The Kier molecular flexibility index (Phi) is 4.81. The van der Waals surface area contributed by atoms with Crippen molar-refractivity contribution in [2.24, 2.45) is 0 Å². The number of thioether (sulfide) groups is 1. The number of hydrogen-bond donors (Lipinski definition) is 1. The standard InChI is InChI=1S/C12H19N3O2S2/c1-8(18-11-13-7-14-19-11)6-12(2,10(16)17-3)15-9-4-5-9/h7-9,15H,4-6H2,1-3H3. The van der Waals surface area contributed by atoms with E-state index >= 15 is 0 Å². The molecular weight excluding hydrogens is 282 g/mol. The number of nitrogens with one attached hydrogen (secondary N) is 1. The number of nitrogens with zero attached hydrogens (tertiary/aromatic N) is 2. The van der Waals surface area contributed by atoms with E-state index in [-0.39, 0.29) is 11.2 Å². The van der Waals surface area contributed by atoms with Crippen molar-refractivity contribution < 1.29 is 9.53 Å². The second-order valence-electron chi connectivity index (χ2n) is 5.08. The molecule has 0 spiro atoms. The number of ether oxygens (including phenoxy) is 1. The second-order valence-corrected chi connectivity index (χ2v) is 7.55. The number of carbonyl (C=O) groups excluding carboxylic acids is 1. The Morgan fingerprint density at radius 1 is 1.74 bits per heavy atom. The Morgan fingerprint density at radius 3 is 3.00 bits per heavy atom. The van der Waals surface area contributed by atoms with Crippen LogP contribution in [0.2, 0.25) is 0 Å². The molecule has 0 amide bonds. The fraction of sp³-hybridized carbons (Fsp3) is 0.750. The van der Waals surface area contributed by atoms with Crippen molar-refractivity contribution in [3.8, 4) is 0 Å². The average Bonchev–Trinajstić information content (AvgIpc) is 3.01. The predicted octanol–water partition coefficient (Wildman–Crippen LogP) is 2.09. The lowest BCUT2D eigenvalue weighted by atomic mass is 9.96. The SMILES string of the molecule is COC(=O)C(C)(CC(C)Sc1ncns1)NC1CC1. The van der Waals surface area contributed by atoms with Gasteiger partial charge in [-0.05, 0) is 37.7 Å². The summed E-state index contributed by atoms with van der Waals surface area (Å²) in [5, 5.41) is 3.67. The van der Waals surface area contributed by atoms with E-state index in [0.29, 0.717) is 12.5 Å². The van der Waals surface area contributed by atoms with Crippen molar-refractivity contribution >= 4 is 29.3 Å². The Labute approximate surface area is 121 Å². The first kappa shape index (κ1) is 14.7. The highest BCUT2D eigenvalue weighted by Crippen LogP contribution is 2.32. The molecule has 2 rings (SSSR count). The van der Waals surface area contributed by atoms with Gasteiger partial charge in [-0.15, -0.1) is 0 Å². The molecule has 1 N–H and O–H groups in total. The summed E-state index contributed by atoms with van der Waals surface area (Å²) in [5.74, 6) is -0.191. The Balaban J connectivity index is 1.96. The first-order valence-electron chi connectivity index (χ1n) is 6.33. The normalized spacial score (nSPS) is 19.7. The first-order chi connectivity index (χ1) is 9.03. The number of aromatic nitrogens is 2. The van der Waals surface area contributed by atoms with Crippen LogP contribution in [0, 0.1) is 0 Å². The molecule has 1 aromatic rings. The lowest BCUT2D eigenvalue weighted by molar-refractivity contribution is -0.148. The smallest absolute Gasteiger partial charge is 0.325 e. The van der Waals surface area contributed by atoms with Gasteiger partial charge in [0.1, 0.15) is 11.9 Å². The van der Waals surface area contributed by atoms with Crippen LogP contribution in [0.5, 0.6) is 0 Å². The van der Waals surface area contributed by atoms with Crippen LogP contribution in [-0.2, 0) is 9.53 Å². The lowest BCUT2D eigenvalue weighted by Crippen LogP contribution is -2.52. The van der Waals surface area contributed by atoms with E-state index in [4.69, 9.17) is 4.74 Å². The fourth-order valence-corrected chi connectivity index (χ4v) is 4.05. The Bertz CT molecular complexity index is 423. The molecule has 1 heterocycles. The van der Waals surface area contributed by atoms with Crippen LogP contribution in [0.3, 0.4) is 0 Å². The highest BCUT2D eigenvalue weighted by Gasteiger charge is 2.40. The molecule has 1 saturated carbocycles. The van der Waals surface area contributed by atoms with E-state index in [1.54, 1.807) is 18.1 Å². The molecule has 2 atom stereocenters. The molecule has 0 aromatic carbocycles. The zero-order chi connectivity index (χ0) is 13.9. The van der Waals surface area contributed by atoms with Gasteiger partial charge in [0, 0.05) is 11.3 Å². The highest BCUT2D eigenvalue weighted by atomic mass is 32.2. The number of rotatable bonds is 7. The molecule has 7 heteroatoms. The summed E-state index contributed by atoms with van der Waals surface area (Å²) in [4.78, 5) is 16.2. The molecular formula is C12H19N3O2S2. The minimum absolute atomic E-state index is 0.191. The van der Waals surface area contributed by atoms with Crippen LogP contribution in [-0.4, -0.2) is 39.3 Å². The van der Waals surface area contributed by atoms with Gasteiger partial charge in [-0.3, -0.25) is 10.1 Å². The molecule has 2 unspecified atom stereocenters. The van der Waals surface area contributed by atoms with Crippen molar-refractivity contribution in [1.29, 1.82) is 0 Å². The minimum Gasteiger partial charge on any atom is -0.468 e. The molecule has 0 radical (unpaired) electrons. The van der Waals surface area contributed by atoms with Crippen LogP contribution in [0.25, 0.3) is 0 Å². The van der Waals surface area contributed by atoms with Crippen LogP contribution < -0.4 is 5.32 Å². The fourth-order valence-electron chi connectivity index (χ4n) is 2.11. The Morgan fingerprint density at radius 2 is 2.47 bits per heavy atom. The summed E-state index contributed by atoms with van der Waals surface area (Å²) in [7, 11) is 1.44. The van der Waals surface area contributed by atoms with Crippen molar-refractivity contribution in [2.45, 2.75) is 54.3 Å². The molecule has 1 aliphatic rings. The predicted molar refractivity (Wildman–Crippen MR) is 76.4 cm³/mol. The number of methoxy groups -OCH3 is 1. The number of hydrogen-bond acceptors (Lipinski definition) is 7. The minimum atomic E-state index is -0.618. The molecule has 5 nitrogen and oxygen atoms in total. The molecule has 0 aliphatic heterocycles. The quantitative estimate of drug-likeness (QED) is 0.614. The van der Waals surface area contributed by atoms with E-state index in [1.165, 1.54) is 18.6 Å². The Hall–Kier alpha value is -0.660. The third-order valence-corrected chi connectivity index (χ3v) is 4.92. The van der Waals surface area contributed by atoms with Crippen molar-refractivity contribution in [3.05, 3.63) is 6.33 Å². The van der Waals surface area contributed by atoms with Gasteiger partial charge < -0.3 is 4.74 Å². The van der Waals surface area contributed by atoms with Crippen LogP contribution in [0.15, 0.2) is 10.7 Å². The maximum atomic E-state index is 12.0. The second kappa shape index (κ2) is 6.19. The monoisotopic (exact) mass is 301 g/mol. The topological polar surface area (TPSA) is 64.1 Å². The molecule has 106 valence electrons. The summed E-state index contributed by atoms with van der Waals surface area (Å²) < 4.78 is 9.86. The third kappa shape index (κ3) is 4.15. The molecule has 1 aromatic heterocycles. The lowest BCUT2D eigenvalue weighted by Gasteiger charge is -2.30.